The summed E-state index contributed by atoms with van der Waals surface area (Å²) in [6.07, 6.45) is 0.696. The third-order valence-electron chi connectivity index (χ3n) is 1.92. The Morgan fingerprint density at radius 2 is 2.31 bits per heavy atom. The van der Waals surface area contributed by atoms with E-state index in [1.807, 2.05) is 0 Å². The van der Waals surface area contributed by atoms with Crippen molar-refractivity contribution in [3.63, 3.8) is 0 Å². The Morgan fingerprint density at radius 3 is 2.94 bits per heavy atom. The second-order valence-corrected chi connectivity index (χ2v) is 3.36. The molecule has 2 aromatic heterocycles. The summed E-state index contributed by atoms with van der Waals surface area (Å²) in [5.41, 5.74) is 0. The highest BCUT2D eigenvalue weighted by molar-refractivity contribution is 4.83. The molecule has 0 aromatic carbocycles. The Bertz CT molecular complexity index is 406. The largest absolute Gasteiger partial charge is 0.339 e. The van der Waals surface area contributed by atoms with Gasteiger partial charge in [0.1, 0.15) is 0 Å². The molecule has 86 valence electrons. The Kier molecular flexibility index (Phi) is 3.20. The Balaban J connectivity index is 1.69. The normalized spacial score (nSPS) is 10.9. The van der Waals surface area contributed by atoms with Gasteiger partial charge in [-0.1, -0.05) is 5.16 Å². The predicted octanol–water partition coefficient (Wildman–Crippen LogP) is -0.766. The quantitative estimate of drug-likeness (QED) is 0.665. The van der Waals surface area contributed by atoms with Crippen LogP contribution >= 0.6 is 0 Å². The number of hydrogen-bond acceptors (Lipinski definition) is 7. The molecule has 2 aromatic rings. The maximum Gasteiger partial charge on any atom is 0.227 e. The molecule has 8 heteroatoms. The molecule has 2 heterocycles. The number of hydrogen-bond donors (Lipinski definition) is 1. The minimum Gasteiger partial charge on any atom is -0.339 e. The molecule has 0 saturated carbocycles. The Morgan fingerprint density at radius 1 is 1.44 bits per heavy atom. The fraction of sp³-hybridized carbons (Fsp3) is 0.625. The van der Waals surface area contributed by atoms with Gasteiger partial charge in [-0.05, 0) is 12.1 Å². The number of aryl methyl sites for hydroxylation is 2. The summed E-state index contributed by atoms with van der Waals surface area (Å²) in [7, 11) is 1.73. The molecular formula is C8H13N7O. The first-order chi connectivity index (χ1) is 7.74. The van der Waals surface area contributed by atoms with Crippen LogP contribution in [0.1, 0.15) is 17.5 Å². The van der Waals surface area contributed by atoms with E-state index in [2.05, 4.69) is 30.9 Å². The number of rotatable bonds is 5. The minimum atomic E-state index is 0.584. The first kappa shape index (κ1) is 10.7. The van der Waals surface area contributed by atoms with Crippen molar-refractivity contribution >= 4 is 0 Å². The molecule has 0 unspecified atom stereocenters. The molecule has 0 spiro atoms. The van der Waals surface area contributed by atoms with Crippen molar-refractivity contribution < 1.29 is 4.52 Å². The van der Waals surface area contributed by atoms with Gasteiger partial charge in [-0.25, -0.2) is 0 Å². The van der Waals surface area contributed by atoms with E-state index < -0.39 is 0 Å². The highest BCUT2D eigenvalue weighted by Gasteiger charge is 2.03. The smallest absolute Gasteiger partial charge is 0.227 e. The second-order valence-electron chi connectivity index (χ2n) is 3.36. The molecule has 0 aliphatic carbocycles. The van der Waals surface area contributed by atoms with Crippen LogP contribution in [0, 0.1) is 6.92 Å². The fourth-order valence-corrected chi connectivity index (χ4v) is 1.23. The van der Waals surface area contributed by atoms with Gasteiger partial charge in [-0.3, -0.25) is 0 Å². The van der Waals surface area contributed by atoms with Crippen molar-refractivity contribution in [1.82, 2.24) is 35.7 Å². The van der Waals surface area contributed by atoms with Crippen LogP contribution < -0.4 is 5.32 Å². The van der Waals surface area contributed by atoms with Gasteiger partial charge in [0.05, 0.1) is 13.6 Å². The number of tetrazole rings is 1. The average Bonchev–Trinajstić information content (AvgIpc) is 2.83. The van der Waals surface area contributed by atoms with E-state index in [9.17, 15) is 0 Å². The van der Waals surface area contributed by atoms with Crippen molar-refractivity contribution in [2.24, 2.45) is 7.05 Å². The third-order valence-corrected chi connectivity index (χ3v) is 1.92. The lowest BCUT2D eigenvalue weighted by Crippen LogP contribution is -2.17. The summed E-state index contributed by atoms with van der Waals surface area (Å²) in [6.45, 7) is 3.12. The summed E-state index contributed by atoms with van der Waals surface area (Å²) < 4.78 is 4.97. The van der Waals surface area contributed by atoms with Crippen LogP contribution in [-0.2, 0) is 20.0 Å². The van der Waals surface area contributed by atoms with E-state index in [1.165, 1.54) is 4.80 Å². The van der Waals surface area contributed by atoms with E-state index in [1.54, 1.807) is 14.0 Å². The van der Waals surface area contributed by atoms with E-state index >= 15 is 0 Å². The lowest BCUT2D eigenvalue weighted by atomic mass is 10.4. The first-order valence-electron chi connectivity index (χ1n) is 4.97. The minimum absolute atomic E-state index is 0.584. The maximum absolute atomic E-state index is 4.97. The molecular weight excluding hydrogens is 210 g/mol. The van der Waals surface area contributed by atoms with Gasteiger partial charge in [0, 0.05) is 13.0 Å². The lowest BCUT2D eigenvalue weighted by molar-refractivity contribution is 0.372. The van der Waals surface area contributed by atoms with Crippen LogP contribution in [0.5, 0.6) is 0 Å². The number of nitrogens with zero attached hydrogens (tertiary/aromatic N) is 6. The summed E-state index contributed by atoms with van der Waals surface area (Å²) in [6, 6.07) is 0. The topological polar surface area (TPSA) is 94.6 Å². The van der Waals surface area contributed by atoms with Gasteiger partial charge in [-0.2, -0.15) is 9.78 Å². The maximum atomic E-state index is 4.97. The van der Waals surface area contributed by atoms with Crippen molar-refractivity contribution in [3.05, 3.63) is 17.5 Å². The fourth-order valence-electron chi connectivity index (χ4n) is 1.23. The third kappa shape index (κ3) is 2.83. The zero-order chi connectivity index (χ0) is 11.4. The van der Waals surface area contributed by atoms with E-state index in [0.29, 0.717) is 30.5 Å². The molecule has 16 heavy (non-hydrogen) atoms. The van der Waals surface area contributed by atoms with Crippen molar-refractivity contribution in [2.75, 3.05) is 6.54 Å². The number of aromatic nitrogens is 6. The molecule has 1 N–H and O–H groups in total. The highest BCUT2D eigenvalue weighted by atomic mass is 16.5. The predicted molar refractivity (Wildman–Crippen MR) is 53.2 cm³/mol. The van der Waals surface area contributed by atoms with Crippen molar-refractivity contribution in [2.45, 2.75) is 19.9 Å². The molecule has 0 aliphatic rings. The molecule has 2 rings (SSSR count). The number of nitrogens with one attached hydrogen (secondary N) is 1. The second kappa shape index (κ2) is 4.79. The van der Waals surface area contributed by atoms with Crippen molar-refractivity contribution in [1.29, 1.82) is 0 Å². The van der Waals surface area contributed by atoms with Crippen LogP contribution in [-0.4, -0.2) is 36.9 Å². The van der Waals surface area contributed by atoms with Crippen LogP contribution in [0.4, 0.5) is 0 Å². The first-order valence-corrected chi connectivity index (χ1v) is 4.97. The molecule has 0 radical (unpaired) electrons. The monoisotopic (exact) mass is 223 g/mol. The van der Waals surface area contributed by atoms with E-state index in [4.69, 9.17) is 4.52 Å². The van der Waals surface area contributed by atoms with E-state index in [0.717, 1.165) is 6.54 Å². The lowest BCUT2D eigenvalue weighted by Gasteiger charge is -1.97. The summed E-state index contributed by atoms with van der Waals surface area (Å²) >= 11 is 0. The SMILES string of the molecule is Cc1noc(CCNCc2nnn(C)n2)n1. The van der Waals surface area contributed by atoms with Crippen molar-refractivity contribution in [3.8, 4) is 0 Å². The van der Waals surface area contributed by atoms with Crippen LogP contribution in [0.25, 0.3) is 0 Å². The standard InChI is InChI=1S/C8H13N7O/c1-6-10-8(16-13-6)3-4-9-5-7-11-14-15(2)12-7/h9H,3-5H2,1-2H3. The summed E-state index contributed by atoms with van der Waals surface area (Å²) in [5, 5.41) is 18.5. The van der Waals surface area contributed by atoms with Gasteiger partial charge >= 0.3 is 0 Å². The van der Waals surface area contributed by atoms with Gasteiger partial charge in [-0.15, -0.1) is 10.2 Å². The average molecular weight is 223 g/mol. The highest BCUT2D eigenvalue weighted by Crippen LogP contribution is 1.95. The molecule has 0 fully saturated rings. The summed E-state index contributed by atoms with van der Waals surface area (Å²) in [5.74, 6) is 1.96. The van der Waals surface area contributed by atoms with Gasteiger partial charge in [0.2, 0.25) is 5.89 Å². The van der Waals surface area contributed by atoms with Crippen LogP contribution in [0.2, 0.25) is 0 Å². The van der Waals surface area contributed by atoms with Gasteiger partial charge in [0.15, 0.2) is 11.6 Å². The Labute approximate surface area is 92.0 Å². The molecule has 0 atom stereocenters. The Hall–Kier alpha value is -1.83. The van der Waals surface area contributed by atoms with E-state index in [-0.39, 0.29) is 0 Å². The molecule has 8 nitrogen and oxygen atoms in total. The molecule has 0 amide bonds. The molecule has 0 saturated heterocycles. The van der Waals surface area contributed by atoms with Gasteiger partial charge < -0.3 is 9.84 Å². The van der Waals surface area contributed by atoms with Crippen LogP contribution in [0.15, 0.2) is 4.52 Å². The molecule has 0 aliphatic heterocycles. The zero-order valence-corrected chi connectivity index (χ0v) is 9.21. The zero-order valence-electron chi connectivity index (χ0n) is 9.21. The van der Waals surface area contributed by atoms with Crippen LogP contribution in [0.3, 0.4) is 0 Å². The summed E-state index contributed by atoms with van der Waals surface area (Å²) in [4.78, 5) is 5.52. The van der Waals surface area contributed by atoms with Gasteiger partial charge in [0.25, 0.3) is 0 Å². The molecule has 0 bridgehead atoms.